The second-order valence-corrected chi connectivity index (χ2v) is 5.53. The molecule has 1 aliphatic heterocycles. The largest absolute Gasteiger partial charge is 0.343 e. The Bertz CT molecular complexity index is 490. The second kappa shape index (κ2) is 7.25. The standard InChI is InChI=1S/C17H24N2O2/c1-3-15-6-8-16(9-7-15)19(14(2)20)13-10-17(21)18-11-4-5-12-18/h6-9H,3-5,10-13H2,1-2H3. The van der Waals surface area contributed by atoms with Gasteiger partial charge in [-0.25, -0.2) is 0 Å². The predicted molar refractivity (Wildman–Crippen MR) is 84.3 cm³/mol. The Morgan fingerprint density at radius 3 is 2.29 bits per heavy atom. The van der Waals surface area contributed by atoms with E-state index in [2.05, 4.69) is 6.92 Å². The molecule has 4 heteroatoms. The Balaban J connectivity index is 1.98. The Morgan fingerprint density at radius 2 is 1.76 bits per heavy atom. The van der Waals surface area contributed by atoms with Gasteiger partial charge in [-0.05, 0) is 37.0 Å². The normalized spacial score (nSPS) is 14.3. The highest BCUT2D eigenvalue weighted by Crippen LogP contribution is 2.17. The van der Waals surface area contributed by atoms with Crippen LogP contribution in [0.3, 0.4) is 0 Å². The van der Waals surface area contributed by atoms with Gasteiger partial charge in [0.25, 0.3) is 0 Å². The molecule has 0 saturated carbocycles. The van der Waals surface area contributed by atoms with Crippen LogP contribution >= 0.6 is 0 Å². The highest BCUT2D eigenvalue weighted by molar-refractivity contribution is 5.92. The molecule has 0 aliphatic carbocycles. The van der Waals surface area contributed by atoms with Gasteiger partial charge in [-0.2, -0.15) is 0 Å². The van der Waals surface area contributed by atoms with Crippen LogP contribution < -0.4 is 4.90 Å². The van der Waals surface area contributed by atoms with Gasteiger partial charge >= 0.3 is 0 Å². The van der Waals surface area contributed by atoms with E-state index in [9.17, 15) is 9.59 Å². The van der Waals surface area contributed by atoms with E-state index in [1.807, 2.05) is 29.2 Å². The first kappa shape index (κ1) is 15.5. The first-order chi connectivity index (χ1) is 10.1. The van der Waals surface area contributed by atoms with Crippen LogP contribution in [0, 0.1) is 0 Å². The van der Waals surface area contributed by atoms with Gasteiger partial charge in [-0.1, -0.05) is 19.1 Å². The van der Waals surface area contributed by atoms with Gasteiger partial charge < -0.3 is 9.80 Å². The second-order valence-electron chi connectivity index (χ2n) is 5.53. The highest BCUT2D eigenvalue weighted by Gasteiger charge is 2.19. The van der Waals surface area contributed by atoms with Crippen molar-refractivity contribution in [2.45, 2.75) is 39.5 Å². The number of aryl methyl sites for hydroxylation is 1. The fourth-order valence-corrected chi connectivity index (χ4v) is 2.71. The lowest BCUT2D eigenvalue weighted by atomic mass is 10.1. The summed E-state index contributed by atoms with van der Waals surface area (Å²) in [5.74, 6) is 0.136. The molecule has 1 heterocycles. The van der Waals surface area contributed by atoms with E-state index in [1.54, 1.807) is 11.8 Å². The van der Waals surface area contributed by atoms with Crippen molar-refractivity contribution >= 4 is 17.5 Å². The molecular formula is C17H24N2O2. The van der Waals surface area contributed by atoms with E-state index in [-0.39, 0.29) is 11.8 Å². The predicted octanol–water partition coefficient (Wildman–Crippen LogP) is 2.61. The summed E-state index contributed by atoms with van der Waals surface area (Å²) in [5, 5.41) is 0. The molecule has 1 saturated heterocycles. The summed E-state index contributed by atoms with van der Waals surface area (Å²) in [4.78, 5) is 27.5. The van der Waals surface area contributed by atoms with Crippen LogP contribution in [0.5, 0.6) is 0 Å². The van der Waals surface area contributed by atoms with E-state index in [0.717, 1.165) is 38.0 Å². The molecule has 0 aromatic heterocycles. The molecule has 0 unspecified atom stereocenters. The number of hydrogen-bond acceptors (Lipinski definition) is 2. The highest BCUT2D eigenvalue weighted by atomic mass is 16.2. The molecule has 2 rings (SSSR count). The Kier molecular flexibility index (Phi) is 5.37. The molecule has 21 heavy (non-hydrogen) atoms. The number of carbonyl (C=O) groups is 2. The van der Waals surface area contributed by atoms with Crippen molar-refractivity contribution in [1.82, 2.24) is 4.90 Å². The van der Waals surface area contributed by atoms with E-state index < -0.39 is 0 Å². The van der Waals surface area contributed by atoms with E-state index in [1.165, 1.54) is 5.56 Å². The summed E-state index contributed by atoms with van der Waals surface area (Å²) >= 11 is 0. The smallest absolute Gasteiger partial charge is 0.224 e. The summed E-state index contributed by atoms with van der Waals surface area (Å²) in [6.07, 6.45) is 3.57. The van der Waals surface area contributed by atoms with Crippen molar-refractivity contribution in [3.63, 3.8) is 0 Å². The molecule has 0 spiro atoms. The lowest BCUT2D eigenvalue weighted by molar-refractivity contribution is -0.129. The quantitative estimate of drug-likeness (QED) is 0.835. The molecule has 1 fully saturated rings. The molecule has 1 aliphatic rings. The Hall–Kier alpha value is -1.84. The summed E-state index contributed by atoms with van der Waals surface area (Å²) in [5.41, 5.74) is 2.12. The molecule has 4 nitrogen and oxygen atoms in total. The number of benzene rings is 1. The van der Waals surface area contributed by atoms with E-state index in [0.29, 0.717) is 13.0 Å². The SMILES string of the molecule is CCc1ccc(N(CCC(=O)N2CCCC2)C(C)=O)cc1. The van der Waals surface area contributed by atoms with Crippen LogP contribution in [0.1, 0.15) is 38.7 Å². The van der Waals surface area contributed by atoms with Crippen LogP contribution in [0.25, 0.3) is 0 Å². The van der Waals surface area contributed by atoms with Crippen LogP contribution in [-0.2, 0) is 16.0 Å². The lowest BCUT2D eigenvalue weighted by Gasteiger charge is -2.23. The summed E-state index contributed by atoms with van der Waals surface area (Å²) in [7, 11) is 0. The van der Waals surface area contributed by atoms with Crippen molar-refractivity contribution in [3.8, 4) is 0 Å². The molecule has 1 aromatic carbocycles. The third-order valence-electron chi connectivity index (χ3n) is 4.04. The number of amides is 2. The van der Waals surface area contributed by atoms with Crippen LogP contribution in [0.4, 0.5) is 5.69 Å². The average molecular weight is 288 g/mol. The van der Waals surface area contributed by atoms with Gasteiger partial charge in [0.15, 0.2) is 0 Å². The molecule has 0 N–H and O–H groups in total. The van der Waals surface area contributed by atoms with Crippen molar-refractivity contribution in [1.29, 1.82) is 0 Å². The molecule has 2 amide bonds. The van der Waals surface area contributed by atoms with Crippen LogP contribution in [0.15, 0.2) is 24.3 Å². The average Bonchev–Trinajstić information content (AvgIpc) is 3.02. The molecule has 0 radical (unpaired) electrons. The molecular weight excluding hydrogens is 264 g/mol. The first-order valence-electron chi connectivity index (χ1n) is 7.76. The molecule has 0 atom stereocenters. The number of likely N-dealkylation sites (tertiary alicyclic amines) is 1. The van der Waals surface area contributed by atoms with Gasteiger partial charge in [-0.3, -0.25) is 9.59 Å². The van der Waals surface area contributed by atoms with E-state index in [4.69, 9.17) is 0 Å². The molecule has 0 bridgehead atoms. The van der Waals surface area contributed by atoms with Crippen molar-refractivity contribution in [2.24, 2.45) is 0 Å². The lowest BCUT2D eigenvalue weighted by Crippen LogP contribution is -2.35. The maximum Gasteiger partial charge on any atom is 0.224 e. The van der Waals surface area contributed by atoms with Gasteiger partial charge in [0.05, 0.1) is 0 Å². The monoisotopic (exact) mass is 288 g/mol. The van der Waals surface area contributed by atoms with Gasteiger partial charge in [0.2, 0.25) is 11.8 Å². The first-order valence-corrected chi connectivity index (χ1v) is 7.76. The number of hydrogen-bond donors (Lipinski definition) is 0. The zero-order chi connectivity index (χ0) is 15.2. The Morgan fingerprint density at radius 1 is 1.14 bits per heavy atom. The number of rotatable bonds is 5. The maximum absolute atomic E-state index is 12.1. The van der Waals surface area contributed by atoms with Crippen molar-refractivity contribution in [2.75, 3.05) is 24.5 Å². The van der Waals surface area contributed by atoms with Gasteiger partial charge in [0, 0.05) is 38.7 Å². The van der Waals surface area contributed by atoms with Crippen molar-refractivity contribution < 1.29 is 9.59 Å². The van der Waals surface area contributed by atoms with Gasteiger partial charge in [-0.15, -0.1) is 0 Å². The maximum atomic E-state index is 12.1. The van der Waals surface area contributed by atoms with Crippen LogP contribution in [0.2, 0.25) is 0 Å². The summed E-state index contributed by atoms with van der Waals surface area (Å²) < 4.78 is 0. The van der Waals surface area contributed by atoms with Crippen molar-refractivity contribution in [3.05, 3.63) is 29.8 Å². The number of anilines is 1. The summed E-state index contributed by atoms with van der Waals surface area (Å²) in [6.45, 7) is 5.84. The minimum Gasteiger partial charge on any atom is -0.343 e. The minimum atomic E-state index is -0.0199. The zero-order valence-corrected chi connectivity index (χ0v) is 13.0. The third-order valence-corrected chi connectivity index (χ3v) is 4.04. The fraction of sp³-hybridized carbons (Fsp3) is 0.529. The van der Waals surface area contributed by atoms with Gasteiger partial charge in [0.1, 0.15) is 0 Å². The third kappa shape index (κ3) is 4.06. The number of carbonyl (C=O) groups excluding carboxylic acids is 2. The molecule has 1 aromatic rings. The topological polar surface area (TPSA) is 40.6 Å². The van der Waals surface area contributed by atoms with E-state index >= 15 is 0 Å². The zero-order valence-electron chi connectivity index (χ0n) is 13.0. The summed E-state index contributed by atoms with van der Waals surface area (Å²) in [6, 6.07) is 7.99. The molecule has 114 valence electrons. The minimum absolute atomic E-state index is 0.0199. The Labute approximate surface area is 126 Å². The fourth-order valence-electron chi connectivity index (χ4n) is 2.71. The van der Waals surface area contributed by atoms with Crippen LogP contribution in [-0.4, -0.2) is 36.3 Å². The number of nitrogens with zero attached hydrogens (tertiary/aromatic N) is 2.